The molecule has 0 radical (unpaired) electrons. The lowest BCUT2D eigenvalue weighted by Gasteiger charge is -2.43. The Morgan fingerprint density at radius 1 is 1.20 bits per heavy atom. The molecule has 0 atom stereocenters. The van der Waals surface area contributed by atoms with Crippen molar-refractivity contribution in [2.45, 2.75) is 24.9 Å². The summed E-state index contributed by atoms with van der Waals surface area (Å²) in [6.45, 7) is 1.13. The summed E-state index contributed by atoms with van der Waals surface area (Å²) in [5.74, 6) is 0.679. The highest BCUT2D eigenvalue weighted by Gasteiger charge is 2.43. The molecular formula is C19H17BrN2O3. The second-order valence-electron chi connectivity index (χ2n) is 6.53. The van der Waals surface area contributed by atoms with Crippen LogP contribution in [0.1, 0.15) is 40.1 Å². The number of pyridine rings is 1. The zero-order valence-corrected chi connectivity index (χ0v) is 15.2. The van der Waals surface area contributed by atoms with Crippen molar-refractivity contribution in [3.63, 3.8) is 0 Å². The molecule has 6 heteroatoms. The number of halogens is 1. The van der Waals surface area contributed by atoms with Gasteiger partial charge in [-0.1, -0.05) is 22.0 Å². The van der Waals surface area contributed by atoms with Gasteiger partial charge in [-0.15, -0.1) is 0 Å². The molecule has 4 rings (SSSR count). The number of likely N-dealkylation sites (tertiary alicyclic amines) is 1. The van der Waals surface area contributed by atoms with Gasteiger partial charge in [-0.25, -0.2) is 0 Å². The highest BCUT2D eigenvalue weighted by atomic mass is 79.9. The highest BCUT2D eigenvalue weighted by Crippen LogP contribution is 2.40. The number of hydrogen-bond donors (Lipinski definition) is 0. The molecule has 0 N–H and O–H groups in total. The van der Waals surface area contributed by atoms with Gasteiger partial charge in [0.05, 0.1) is 12.0 Å². The molecule has 1 spiro atoms. The Morgan fingerprint density at radius 3 is 2.72 bits per heavy atom. The van der Waals surface area contributed by atoms with Crippen molar-refractivity contribution in [1.82, 2.24) is 9.88 Å². The molecule has 2 aliphatic rings. The first kappa shape index (κ1) is 16.3. The molecule has 0 saturated carbocycles. The van der Waals surface area contributed by atoms with E-state index in [4.69, 9.17) is 4.74 Å². The lowest BCUT2D eigenvalue weighted by Crippen LogP contribution is -2.52. The van der Waals surface area contributed by atoms with E-state index in [2.05, 4.69) is 20.9 Å². The van der Waals surface area contributed by atoms with Crippen LogP contribution in [0.25, 0.3) is 0 Å². The first-order chi connectivity index (χ1) is 12.1. The Morgan fingerprint density at radius 2 is 2.00 bits per heavy atom. The van der Waals surface area contributed by atoms with Gasteiger partial charge in [-0.05, 0) is 30.3 Å². The molecule has 25 heavy (non-hydrogen) atoms. The average Bonchev–Trinajstić information content (AvgIpc) is 2.63. The summed E-state index contributed by atoms with van der Waals surface area (Å²) in [5, 5.41) is 0. The van der Waals surface area contributed by atoms with Crippen LogP contribution in [0.15, 0.2) is 47.1 Å². The van der Waals surface area contributed by atoms with Crippen LogP contribution in [-0.2, 0) is 0 Å². The van der Waals surface area contributed by atoms with E-state index in [1.807, 2.05) is 24.3 Å². The van der Waals surface area contributed by atoms with Crippen LogP contribution in [0.2, 0.25) is 0 Å². The van der Waals surface area contributed by atoms with E-state index in [0.29, 0.717) is 49.4 Å². The summed E-state index contributed by atoms with van der Waals surface area (Å²) in [5.41, 5.74) is 0.583. The van der Waals surface area contributed by atoms with E-state index in [9.17, 15) is 9.59 Å². The normalized spacial score (nSPS) is 18.6. The highest BCUT2D eigenvalue weighted by molar-refractivity contribution is 9.10. The van der Waals surface area contributed by atoms with E-state index in [0.717, 1.165) is 4.47 Å². The maximum Gasteiger partial charge on any atom is 0.272 e. The van der Waals surface area contributed by atoms with Gasteiger partial charge in [0.15, 0.2) is 5.78 Å². The van der Waals surface area contributed by atoms with Crippen molar-refractivity contribution in [3.8, 4) is 5.75 Å². The fourth-order valence-corrected chi connectivity index (χ4v) is 3.87. The number of benzene rings is 1. The van der Waals surface area contributed by atoms with Crippen molar-refractivity contribution in [2.75, 3.05) is 13.1 Å². The summed E-state index contributed by atoms with van der Waals surface area (Å²) in [6, 6.07) is 10.9. The maximum atomic E-state index is 12.6. The van der Waals surface area contributed by atoms with Gasteiger partial charge in [0.2, 0.25) is 0 Å². The molecular weight excluding hydrogens is 384 g/mol. The molecule has 0 aliphatic carbocycles. The van der Waals surface area contributed by atoms with Crippen LogP contribution in [-0.4, -0.2) is 40.3 Å². The third-order valence-electron chi connectivity index (χ3n) is 4.90. The molecule has 2 aromatic rings. The summed E-state index contributed by atoms with van der Waals surface area (Å²) in [6.07, 6.45) is 3.28. The fourth-order valence-electron chi connectivity index (χ4n) is 3.51. The second-order valence-corrected chi connectivity index (χ2v) is 7.45. The van der Waals surface area contributed by atoms with Crippen LogP contribution < -0.4 is 4.74 Å². The van der Waals surface area contributed by atoms with Gasteiger partial charge in [0, 0.05) is 36.6 Å². The molecule has 128 valence electrons. The van der Waals surface area contributed by atoms with Gasteiger partial charge in [-0.3, -0.25) is 14.6 Å². The minimum Gasteiger partial charge on any atom is -0.486 e. The largest absolute Gasteiger partial charge is 0.486 e. The maximum absolute atomic E-state index is 12.6. The Labute approximate surface area is 154 Å². The number of piperidine rings is 1. The Balaban J connectivity index is 1.49. The SMILES string of the molecule is O=C1CC2(CCN(C(=O)c3ccccn3)CC2)Oc2ccc(Br)cc21. The number of fused-ring (bicyclic) bond motifs is 1. The van der Waals surface area contributed by atoms with Crippen molar-refractivity contribution < 1.29 is 14.3 Å². The fraction of sp³-hybridized carbons (Fsp3) is 0.316. The zero-order valence-electron chi connectivity index (χ0n) is 13.6. The zero-order chi connectivity index (χ0) is 17.4. The summed E-state index contributed by atoms with van der Waals surface area (Å²) < 4.78 is 7.09. The van der Waals surface area contributed by atoms with E-state index in [1.54, 1.807) is 23.2 Å². The number of aromatic nitrogens is 1. The number of amides is 1. The summed E-state index contributed by atoms with van der Waals surface area (Å²) in [7, 11) is 0. The summed E-state index contributed by atoms with van der Waals surface area (Å²) >= 11 is 3.39. The predicted octanol–water partition coefficient (Wildman–Crippen LogP) is 3.48. The Kier molecular flexibility index (Phi) is 4.07. The van der Waals surface area contributed by atoms with Crippen molar-refractivity contribution in [2.24, 2.45) is 0 Å². The molecule has 5 nitrogen and oxygen atoms in total. The van der Waals surface area contributed by atoms with Crippen LogP contribution in [0, 0.1) is 0 Å². The van der Waals surface area contributed by atoms with Crippen molar-refractivity contribution in [3.05, 3.63) is 58.3 Å². The number of carbonyl (C=O) groups excluding carboxylic acids is 2. The molecule has 2 aliphatic heterocycles. The molecule has 0 unspecified atom stereocenters. The van der Waals surface area contributed by atoms with Gasteiger partial charge in [0.1, 0.15) is 17.0 Å². The monoisotopic (exact) mass is 400 g/mol. The number of ether oxygens (including phenoxy) is 1. The number of nitrogens with zero attached hydrogens (tertiary/aromatic N) is 2. The average molecular weight is 401 g/mol. The smallest absolute Gasteiger partial charge is 0.272 e. The lowest BCUT2D eigenvalue weighted by atomic mass is 9.82. The minimum atomic E-state index is -0.501. The number of rotatable bonds is 1. The number of hydrogen-bond acceptors (Lipinski definition) is 4. The van der Waals surface area contributed by atoms with Crippen LogP contribution in [0.5, 0.6) is 5.75 Å². The lowest BCUT2D eigenvalue weighted by molar-refractivity contribution is -0.00586. The van der Waals surface area contributed by atoms with E-state index in [-0.39, 0.29) is 11.7 Å². The van der Waals surface area contributed by atoms with Crippen LogP contribution >= 0.6 is 15.9 Å². The first-order valence-corrected chi connectivity index (χ1v) is 9.08. The van der Waals surface area contributed by atoms with Crippen molar-refractivity contribution >= 4 is 27.6 Å². The minimum absolute atomic E-state index is 0.0677. The molecule has 1 saturated heterocycles. The topological polar surface area (TPSA) is 59.5 Å². The second kappa shape index (κ2) is 6.26. The standard InChI is InChI=1S/C19H17BrN2O3/c20-13-4-5-17-14(11-13)16(23)12-19(25-17)6-9-22(10-7-19)18(24)15-3-1-2-8-21-15/h1-5,8,11H,6-7,9-10,12H2. The summed E-state index contributed by atoms with van der Waals surface area (Å²) in [4.78, 5) is 31.0. The van der Waals surface area contributed by atoms with E-state index in [1.165, 1.54) is 0 Å². The number of Topliss-reactive ketones (excluding diaryl/α,β-unsaturated/α-hetero) is 1. The molecule has 3 heterocycles. The third kappa shape index (κ3) is 3.06. The molecule has 1 aromatic heterocycles. The van der Waals surface area contributed by atoms with Gasteiger partial charge >= 0.3 is 0 Å². The predicted molar refractivity (Wildman–Crippen MR) is 95.8 cm³/mol. The van der Waals surface area contributed by atoms with Crippen LogP contribution in [0.3, 0.4) is 0 Å². The van der Waals surface area contributed by atoms with Gasteiger partial charge in [-0.2, -0.15) is 0 Å². The molecule has 1 amide bonds. The van der Waals surface area contributed by atoms with E-state index < -0.39 is 5.60 Å². The first-order valence-electron chi connectivity index (χ1n) is 8.28. The molecule has 1 aromatic carbocycles. The van der Waals surface area contributed by atoms with E-state index >= 15 is 0 Å². The number of carbonyl (C=O) groups is 2. The van der Waals surface area contributed by atoms with Crippen molar-refractivity contribution in [1.29, 1.82) is 0 Å². The van der Waals surface area contributed by atoms with Gasteiger partial charge in [0.25, 0.3) is 5.91 Å². The Hall–Kier alpha value is -2.21. The molecule has 0 bridgehead atoms. The van der Waals surface area contributed by atoms with Crippen LogP contribution in [0.4, 0.5) is 0 Å². The van der Waals surface area contributed by atoms with Gasteiger partial charge < -0.3 is 9.64 Å². The third-order valence-corrected chi connectivity index (χ3v) is 5.39. The number of ketones is 1. The quantitative estimate of drug-likeness (QED) is 0.734. The Bertz CT molecular complexity index is 830. The molecule has 1 fully saturated rings.